The van der Waals surface area contributed by atoms with Gasteiger partial charge in [0.2, 0.25) is 0 Å². The smallest absolute Gasteiger partial charge is 0.198 e. The molecule has 2 aromatic rings. The molecule has 0 saturated carbocycles. The number of piperidine rings is 1. The summed E-state index contributed by atoms with van der Waals surface area (Å²) in [5.74, 6) is 0. The summed E-state index contributed by atoms with van der Waals surface area (Å²) in [6.45, 7) is 3.00. The summed E-state index contributed by atoms with van der Waals surface area (Å²) >= 11 is 0. The van der Waals surface area contributed by atoms with Crippen molar-refractivity contribution in [2.45, 2.75) is 29.8 Å². The van der Waals surface area contributed by atoms with Crippen LogP contribution in [0, 0.1) is 0 Å². The second kappa shape index (κ2) is 6.21. The van der Waals surface area contributed by atoms with Crippen molar-refractivity contribution >= 4 is 16.1 Å². The summed E-state index contributed by atoms with van der Waals surface area (Å²) in [7, 11) is -1.60. The normalized spacial score (nSPS) is 29.8. The highest BCUT2D eigenvalue weighted by Gasteiger charge is 2.44. The Balaban J connectivity index is 1.57. The number of nitrogens with zero attached hydrogens (tertiary/aromatic N) is 3. The molecule has 3 heterocycles. The number of rotatable bonds is 2. The first kappa shape index (κ1) is 16.7. The third kappa shape index (κ3) is 3.22. The number of likely N-dealkylation sites (tertiary alicyclic amines) is 1. The Kier molecular flexibility index (Phi) is 4.15. The molecule has 0 amide bonds. The van der Waals surface area contributed by atoms with Gasteiger partial charge in [0, 0.05) is 32.9 Å². The molecule has 7 nitrogen and oxygen atoms in total. The number of hydrogen-bond donors (Lipinski definition) is 2. The summed E-state index contributed by atoms with van der Waals surface area (Å²) < 4.78 is 30.6. The molecule has 4 rings (SSSR count). The summed E-state index contributed by atoms with van der Waals surface area (Å²) in [5.41, 5.74) is 1.31. The van der Waals surface area contributed by atoms with E-state index in [0.717, 1.165) is 31.6 Å². The maximum absolute atomic E-state index is 12.9. The van der Waals surface area contributed by atoms with Crippen LogP contribution in [-0.4, -0.2) is 44.4 Å². The molecule has 25 heavy (non-hydrogen) atoms. The van der Waals surface area contributed by atoms with Crippen LogP contribution in [0.5, 0.6) is 0 Å². The number of anilines is 1. The maximum atomic E-state index is 12.9. The Labute approximate surface area is 148 Å². The highest BCUT2D eigenvalue weighted by atomic mass is 32.3. The van der Waals surface area contributed by atoms with Gasteiger partial charge in [0.15, 0.2) is 15.3 Å². The predicted molar refractivity (Wildman–Crippen MR) is 95.6 cm³/mol. The molecular weight excluding hydrogens is 338 g/mol. The number of nitrogens with one attached hydrogen (secondary N) is 2. The third-order valence-electron chi connectivity index (χ3n) is 5.11. The van der Waals surface area contributed by atoms with Crippen molar-refractivity contribution in [3.05, 3.63) is 42.2 Å². The van der Waals surface area contributed by atoms with Crippen molar-refractivity contribution in [2.75, 3.05) is 25.0 Å². The van der Waals surface area contributed by atoms with Gasteiger partial charge in [0.25, 0.3) is 0 Å². The fourth-order valence-electron chi connectivity index (χ4n) is 3.86. The van der Waals surface area contributed by atoms with Crippen LogP contribution in [0.3, 0.4) is 0 Å². The maximum Gasteiger partial charge on any atom is 0.198 e. The molecule has 1 fully saturated rings. The number of hydrogen-bond acceptors (Lipinski definition) is 5. The van der Waals surface area contributed by atoms with E-state index in [9.17, 15) is 8.76 Å². The lowest BCUT2D eigenvalue weighted by Crippen LogP contribution is -2.62. The zero-order valence-electron chi connectivity index (χ0n) is 14.3. The van der Waals surface area contributed by atoms with Crippen LogP contribution < -0.4 is 10.0 Å². The van der Waals surface area contributed by atoms with E-state index in [1.165, 1.54) is 0 Å². The largest absolute Gasteiger partial charge is 0.593 e. The van der Waals surface area contributed by atoms with Gasteiger partial charge in [-0.05, 0) is 37.6 Å². The summed E-state index contributed by atoms with van der Waals surface area (Å²) in [6.07, 6.45) is 3.58. The van der Waals surface area contributed by atoms with Crippen LogP contribution in [0.25, 0.3) is 0 Å². The van der Waals surface area contributed by atoms with Crippen LogP contribution in [-0.2, 0) is 28.2 Å². The van der Waals surface area contributed by atoms with Crippen molar-refractivity contribution in [1.82, 2.24) is 19.4 Å². The first-order chi connectivity index (χ1) is 12.0. The molecule has 8 heteroatoms. The van der Waals surface area contributed by atoms with Crippen LogP contribution in [0.4, 0.5) is 5.69 Å². The van der Waals surface area contributed by atoms with E-state index in [2.05, 4.69) is 20.0 Å². The average Bonchev–Trinajstić information content (AvgIpc) is 2.93. The SMILES string of the molecule is Cn1nccc1CN1CCCC2(CNc3ccccc3[S+](=O)([O-])N2)C1. The van der Waals surface area contributed by atoms with Gasteiger partial charge >= 0.3 is 0 Å². The molecule has 2 N–H and O–H groups in total. The minimum absolute atomic E-state index is 0.329. The second-order valence-corrected chi connectivity index (χ2v) is 8.65. The molecule has 2 atom stereocenters. The van der Waals surface area contributed by atoms with Crippen molar-refractivity contribution in [3.8, 4) is 0 Å². The fraction of sp³-hybridized carbons (Fsp3) is 0.471. The molecule has 1 aromatic heterocycles. The van der Waals surface area contributed by atoms with E-state index in [1.54, 1.807) is 18.3 Å². The van der Waals surface area contributed by atoms with Gasteiger partial charge in [-0.3, -0.25) is 9.58 Å². The first-order valence-corrected chi connectivity index (χ1v) is 10.0. The number of benzene rings is 1. The van der Waals surface area contributed by atoms with E-state index in [-0.39, 0.29) is 0 Å². The standard InChI is InChI=1S/C17H23N5O2S/c1-21-14(7-9-19-21)11-22-10-4-8-17(13-22)12-18-15-5-2-3-6-16(15)25(23,24)20-17/h2-3,5-7,9,18H,4,8,10-13H2,1H3,(H-,20,23,24). The molecule has 1 aromatic carbocycles. The highest BCUT2D eigenvalue weighted by Crippen LogP contribution is 2.33. The fourth-order valence-corrected chi connectivity index (χ4v) is 5.47. The van der Waals surface area contributed by atoms with Crippen molar-refractivity contribution in [1.29, 1.82) is 0 Å². The second-order valence-electron chi connectivity index (χ2n) is 7.00. The van der Waals surface area contributed by atoms with E-state index < -0.39 is 15.9 Å². The zero-order chi connectivity index (χ0) is 17.5. The molecule has 2 unspecified atom stereocenters. The summed E-state index contributed by atoms with van der Waals surface area (Å²) in [4.78, 5) is 2.64. The Morgan fingerprint density at radius 3 is 3.00 bits per heavy atom. The minimum atomic E-state index is -3.54. The van der Waals surface area contributed by atoms with Gasteiger partial charge in [-0.15, -0.1) is 4.72 Å². The molecule has 1 spiro atoms. The Hall–Kier alpha value is -1.74. The third-order valence-corrected chi connectivity index (χ3v) is 6.75. The molecule has 134 valence electrons. The molecule has 1 saturated heterocycles. The summed E-state index contributed by atoms with van der Waals surface area (Å²) in [5, 5.41) is 7.56. The number of aryl methyl sites for hydroxylation is 1. The molecular formula is C17H23N5O2S. The number of sulfonamides is 1. The Morgan fingerprint density at radius 1 is 1.36 bits per heavy atom. The first-order valence-electron chi connectivity index (χ1n) is 8.54. The lowest BCUT2D eigenvalue weighted by Gasteiger charge is -2.42. The molecule has 0 aliphatic carbocycles. The zero-order valence-corrected chi connectivity index (χ0v) is 15.1. The van der Waals surface area contributed by atoms with E-state index in [4.69, 9.17) is 0 Å². The van der Waals surface area contributed by atoms with E-state index >= 15 is 0 Å². The molecule has 0 radical (unpaired) electrons. The molecule has 2 aliphatic heterocycles. The predicted octanol–water partition coefficient (Wildman–Crippen LogP) is 1.37. The van der Waals surface area contributed by atoms with Crippen LogP contribution >= 0.6 is 0 Å². The topological polar surface area (TPSA) is 85.2 Å². The van der Waals surface area contributed by atoms with Gasteiger partial charge in [-0.2, -0.15) is 5.10 Å². The van der Waals surface area contributed by atoms with Gasteiger partial charge in [-0.1, -0.05) is 16.3 Å². The van der Waals surface area contributed by atoms with Crippen LogP contribution in [0.2, 0.25) is 0 Å². The highest BCUT2D eigenvalue weighted by molar-refractivity contribution is 7.96. The number of para-hydroxylation sites is 1. The van der Waals surface area contributed by atoms with Crippen molar-refractivity contribution < 1.29 is 8.76 Å². The lowest BCUT2D eigenvalue weighted by molar-refractivity contribution is 0.135. The number of fused-ring (bicyclic) bond motifs is 1. The quantitative estimate of drug-likeness (QED) is 0.789. The monoisotopic (exact) mass is 361 g/mol. The van der Waals surface area contributed by atoms with Crippen LogP contribution in [0.1, 0.15) is 18.5 Å². The Morgan fingerprint density at radius 2 is 2.20 bits per heavy atom. The lowest BCUT2D eigenvalue weighted by atomic mass is 9.89. The number of aromatic nitrogens is 2. The van der Waals surface area contributed by atoms with Gasteiger partial charge in [0.05, 0.1) is 16.9 Å². The minimum Gasteiger partial charge on any atom is -0.593 e. The van der Waals surface area contributed by atoms with Gasteiger partial charge in [0.1, 0.15) is 0 Å². The Bertz CT molecular complexity index is 823. The van der Waals surface area contributed by atoms with Gasteiger partial charge in [-0.25, -0.2) is 0 Å². The van der Waals surface area contributed by atoms with Gasteiger partial charge < -0.3 is 9.87 Å². The van der Waals surface area contributed by atoms with Crippen molar-refractivity contribution in [2.24, 2.45) is 7.05 Å². The van der Waals surface area contributed by atoms with E-state index in [0.29, 0.717) is 23.7 Å². The van der Waals surface area contributed by atoms with Crippen molar-refractivity contribution in [3.63, 3.8) is 0 Å². The molecule has 0 bridgehead atoms. The molecule has 2 aliphatic rings. The summed E-state index contributed by atoms with van der Waals surface area (Å²) in [6, 6.07) is 9.10. The van der Waals surface area contributed by atoms with Crippen LogP contribution in [0.15, 0.2) is 41.4 Å². The van der Waals surface area contributed by atoms with E-state index in [1.807, 2.05) is 29.9 Å². The average molecular weight is 361 g/mol.